The first-order chi connectivity index (χ1) is 9.74. The van der Waals surface area contributed by atoms with Crippen LogP contribution in [0.5, 0.6) is 11.5 Å². The third-order valence-corrected chi connectivity index (χ3v) is 4.22. The Kier molecular flexibility index (Phi) is 5.92. The molecule has 0 aromatic heterocycles. The van der Waals surface area contributed by atoms with E-state index in [1.165, 1.54) is 5.56 Å². The molecule has 0 aliphatic rings. The van der Waals surface area contributed by atoms with E-state index in [1.807, 2.05) is 49.4 Å². The standard InChI is InChI=1S/C16H16Br2O2/c1-2-19-16-9-12(10-17)7-8-15(16)20-11-13-5-3-4-6-14(13)18/h3-9H,2,10-11H2,1H3. The molecule has 2 nitrogen and oxygen atoms in total. The van der Waals surface area contributed by atoms with E-state index < -0.39 is 0 Å². The molecule has 0 heterocycles. The molecule has 2 aromatic rings. The average molecular weight is 400 g/mol. The van der Waals surface area contributed by atoms with Crippen molar-refractivity contribution in [2.45, 2.75) is 18.9 Å². The fraction of sp³-hybridized carbons (Fsp3) is 0.250. The number of ether oxygens (including phenoxy) is 2. The SMILES string of the molecule is CCOc1cc(CBr)ccc1OCc1ccccc1Br. The van der Waals surface area contributed by atoms with E-state index in [0.717, 1.165) is 26.9 Å². The summed E-state index contributed by atoms with van der Waals surface area (Å²) in [5.74, 6) is 1.56. The van der Waals surface area contributed by atoms with Gasteiger partial charge >= 0.3 is 0 Å². The quantitative estimate of drug-likeness (QED) is 0.611. The van der Waals surface area contributed by atoms with Crippen LogP contribution in [0.4, 0.5) is 0 Å². The molecule has 0 amide bonds. The van der Waals surface area contributed by atoms with Gasteiger partial charge in [0.15, 0.2) is 11.5 Å². The molecule has 2 rings (SSSR count). The van der Waals surface area contributed by atoms with E-state index in [2.05, 4.69) is 31.9 Å². The molecule has 0 unspecified atom stereocenters. The first-order valence-corrected chi connectivity index (χ1v) is 8.34. The zero-order valence-electron chi connectivity index (χ0n) is 11.2. The Morgan fingerprint density at radius 3 is 2.50 bits per heavy atom. The Balaban J connectivity index is 2.14. The summed E-state index contributed by atoms with van der Waals surface area (Å²) in [6.07, 6.45) is 0. The smallest absolute Gasteiger partial charge is 0.161 e. The van der Waals surface area contributed by atoms with Crippen LogP contribution in [0.3, 0.4) is 0 Å². The summed E-state index contributed by atoms with van der Waals surface area (Å²) >= 11 is 6.97. The molecule has 20 heavy (non-hydrogen) atoms. The molecule has 2 aromatic carbocycles. The third-order valence-electron chi connectivity index (χ3n) is 2.80. The molecule has 0 aliphatic carbocycles. The van der Waals surface area contributed by atoms with Crippen molar-refractivity contribution in [2.24, 2.45) is 0 Å². The van der Waals surface area contributed by atoms with Gasteiger partial charge in [0, 0.05) is 15.4 Å². The third kappa shape index (κ3) is 4.00. The Morgan fingerprint density at radius 1 is 1.00 bits per heavy atom. The molecule has 0 bridgehead atoms. The largest absolute Gasteiger partial charge is 0.490 e. The van der Waals surface area contributed by atoms with Crippen molar-refractivity contribution in [3.8, 4) is 11.5 Å². The van der Waals surface area contributed by atoms with E-state index >= 15 is 0 Å². The van der Waals surface area contributed by atoms with E-state index in [4.69, 9.17) is 9.47 Å². The van der Waals surface area contributed by atoms with E-state index in [9.17, 15) is 0 Å². The van der Waals surface area contributed by atoms with Gasteiger partial charge in [-0.1, -0.05) is 56.1 Å². The van der Waals surface area contributed by atoms with Gasteiger partial charge in [-0.25, -0.2) is 0 Å². The maximum absolute atomic E-state index is 5.89. The van der Waals surface area contributed by atoms with Gasteiger partial charge in [0.1, 0.15) is 6.61 Å². The lowest BCUT2D eigenvalue weighted by Crippen LogP contribution is -2.00. The fourth-order valence-electron chi connectivity index (χ4n) is 1.79. The van der Waals surface area contributed by atoms with Crippen molar-refractivity contribution in [3.63, 3.8) is 0 Å². The predicted molar refractivity (Wildman–Crippen MR) is 88.7 cm³/mol. The maximum atomic E-state index is 5.89. The highest BCUT2D eigenvalue weighted by molar-refractivity contribution is 9.10. The summed E-state index contributed by atoms with van der Waals surface area (Å²) in [6.45, 7) is 3.10. The summed E-state index contributed by atoms with van der Waals surface area (Å²) in [7, 11) is 0. The second-order valence-corrected chi connectivity index (χ2v) is 5.64. The molecular formula is C16H16Br2O2. The number of hydrogen-bond acceptors (Lipinski definition) is 2. The fourth-order valence-corrected chi connectivity index (χ4v) is 2.54. The molecule has 0 atom stereocenters. The van der Waals surface area contributed by atoms with Crippen LogP contribution in [-0.2, 0) is 11.9 Å². The molecule has 0 saturated heterocycles. The van der Waals surface area contributed by atoms with Crippen molar-refractivity contribution >= 4 is 31.9 Å². The highest BCUT2D eigenvalue weighted by Crippen LogP contribution is 2.30. The van der Waals surface area contributed by atoms with E-state index in [-0.39, 0.29) is 0 Å². The van der Waals surface area contributed by atoms with Gasteiger partial charge in [0.25, 0.3) is 0 Å². The minimum Gasteiger partial charge on any atom is -0.490 e. The average Bonchev–Trinajstić information content (AvgIpc) is 2.47. The van der Waals surface area contributed by atoms with Crippen LogP contribution in [0.15, 0.2) is 46.9 Å². The highest BCUT2D eigenvalue weighted by Gasteiger charge is 2.07. The number of rotatable bonds is 6. The monoisotopic (exact) mass is 398 g/mol. The molecule has 0 spiro atoms. The van der Waals surface area contributed by atoms with Crippen molar-refractivity contribution in [2.75, 3.05) is 6.61 Å². The summed E-state index contributed by atoms with van der Waals surface area (Å²) in [5, 5.41) is 0.803. The van der Waals surface area contributed by atoms with Crippen LogP contribution in [0.1, 0.15) is 18.1 Å². The number of benzene rings is 2. The summed E-state index contributed by atoms with van der Waals surface area (Å²) < 4.78 is 12.6. The molecular weight excluding hydrogens is 384 g/mol. The van der Waals surface area contributed by atoms with Crippen LogP contribution in [0.25, 0.3) is 0 Å². The first kappa shape index (κ1) is 15.4. The predicted octanol–water partition coefficient (Wildman–Crippen LogP) is 5.32. The van der Waals surface area contributed by atoms with Gasteiger partial charge in [0.05, 0.1) is 6.61 Å². The Morgan fingerprint density at radius 2 is 1.80 bits per heavy atom. The normalized spacial score (nSPS) is 10.3. The van der Waals surface area contributed by atoms with Gasteiger partial charge in [-0.2, -0.15) is 0 Å². The Bertz CT molecular complexity index is 570. The second-order valence-electron chi connectivity index (χ2n) is 4.23. The van der Waals surface area contributed by atoms with Crippen molar-refractivity contribution in [1.82, 2.24) is 0 Å². The van der Waals surface area contributed by atoms with Crippen LogP contribution in [0, 0.1) is 0 Å². The number of hydrogen-bond donors (Lipinski definition) is 0. The number of alkyl halides is 1. The van der Waals surface area contributed by atoms with E-state index in [0.29, 0.717) is 13.2 Å². The molecule has 4 heteroatoms. The molecule has 0 saturated carbocycles. The van der Waals surface area contributed by atoms with Gasteiger partial charge in [-0.3, -0.25) is 0 Å². The van der Waals surface area contributed by atoms with Gasteiger partial charge in [-0.15, -0.1) is 0 Å². The maximum Gasteiger partial charge on any atom is 0.161 e. The van der Waals surface area contributed by atoms with Crippen molar-refractivity contribution in [1.29, 1.82) is 0 Å². The minimum atomic E-state index is 0.509. The lowest BCUT2D eigenvalue weighted by Gasteiger charge is -2.13. The lowest BCUT2D eigenvalue weighted by atomic mass is 10.2. The Labute approximate surface area is 136 Å². The number of halogens is 2. The van der Waals surface area contributed by atoms with Crippen LogP contribution in [0.2, 0.25) is 0 Å². The van der Waals surface area contributed by atoms with Gasteiger partial charge < -0.3 is 9.47 Å². The molecule has 0 radical (unpaired) electrons. The molecule has 0 N–H and O–H groups in total. The van der Waals surface area contributed by atoms with Crippen molar-refractivity contribution < 1.29 is 9.47 Å². The Hall–Kier alpha value is -1.00. The zero-order valence-corrected chi connectivity index (χ0v) is 14.4. The lowest BCUT2D eigenvalue weighted by molar-refractivity contribution is 0.268. The summed E-state index contributed by atoms with van der Waals surface area (Å²) in [6, 6.07) is 14.0. The van der Waals surface area contributed by atoms with Gasteiger partial charge in [0.2, 0.25) is 0 Å². The molecule has 0 aliphatic heterocycles. The van der Waals surface area contributed by atoms with Crippen LogP contribution < -0.4 is 9.47 Å². The van der Waals surface area contributed by atoms with Crippen LogP contribution >= 0.6 is 31.9 Å². The zero-order chi connectivity index (χ0) is 14.4. The second kappa shape index (κ2) is 7.70. The summed E-state index contributed by atoms with van der Waals surface area (Å²) in [5.41, 5.74) is 2.28. The van der Waals surface area contributed by atoms with Crippen LogP contribution in [-0.4, -0.2) is 6.61 Å². The first-order valence-electron chi connectivity index (χ1n) is 6.42. The topological polar surface area (TPSA) is 18.5 Å². The van der Waals surface area contributed by atoms with E-state index in [1.54, 1.807) is 0 Å². The highest BCUT2D eigenvalue weighted by atomic mass is 79.9. The minimum absolute atomic E-state index is 0.509. The summed E-state index contributed by atoms with van der Waals surface area (Å²) in [4.78, 5) is 0. The molecule has 0 fully saturated rings. The van der Waals surface area contributed by atoms with Crippen molar-refractivity contribution in [3.05, 3.63) is 58.1 Å². The molecule has 106 valence electrons. The van der Waals surface area contributed by atoms with Gasteiger partial charge in [-0.05, 0) is 30.7 Å².